The summed E-state index contributed by atoms with van der Waals surface area (Å²) in [6.45, 7) is 2.68. The Morgan fingerprint density at radius 1 is 1.15 bits per heavy atom. The second-order valence-corrected chi connectivity index (χ2v) is 7.16. The van der Waals surface area contributed by atoms with Crippen LogP contribution in [0.5, 0.6) is 5.75 Å². The van der Waals surface area contributed by atoms with E-state index in [0.29, 0.717) is 18.1 Å². The Hall–Kier alpha value is -2.54. The van der Waals surface area contributed by atoms with E-state index < -0.39 is 4.92 Å². The van der Waals surface area contributed by atoms with Crippen LogP contribution in [0.15, 0.2) is 42.5 Å². The minimum absolute atomic E-state index is 0.0302. The number of aryl methyl sites for hydroxylation is 1. The highest BCUT2D eigenvalue weighted by Gasteiger charge is 2.15. The summed E-state index contributed by atoms with van der Waals surface area (Å²) in [4.78, 5) is 24.6. The van der Waals surface area contributed by atoms with Gasteiger partial charge in [0.1, 0.15) is 0 Å². The first-order valence-electron chi connectivity index (χ1n) is 8.65. The molecule has 0 aliphatic heterocycles. The average Bonchev–Trinajstić information content (AvgIpc) is 2.68. The number of hydrogen-bond donors (Lipinski definition) is 0. The van der Waals surface area contributed by atoms with Gasteiger partial charge in [-0.2, -0.15) is 0 Å². The molecule has 0 fully saturated rings. The van der Waals surface area contributed by atoms with Gasteiger partial charge in [0, 0.05) is 25.4 Å². The Morgan fingerprint density at radius 3 is 2.37 bits per heavy atom. The summed E-state index contributed by atoms with van der Waals surface area (Å²) in [5.41, 5.74) is 3.10. The zero-order valence-corrected chi connectivity index (χ0v) is 16.6. The molecule has 2 aromatic rings. The third kappa shape index (κ3) is 5.99. The van der Waals surface area contributed by atoms with Crippen molar-refractivity contribution in [1.29, 1.82) is 0 Å². The number of amides is 1. The van der Waals surface area contributed by atoms with E-state index in [-0.39, 0.29) is 17.3 Å². The summed E-state index contributed by atoms with van der Waals surface area (Å²) < 4.78 is 5.00. The standard InChI is InChI=1S/C20H24N2O4S/c1-4-15-5-7-16(8-6-15)12-21(2)20(23)14-27-13-17-9-10-19(26-3)18(11-17)22(24)25/h5-11H,4,12-14H2,1-3H3. The van der Waals surface area contributed by atoms with Gasteiger partial charge in [-0.05, 0) is 29.2 Å². The molecule has 0 aromatic heterocycles. The second kappa shape index (κ2) is 9.97. The molecule has 0 N–H and O–H groups in total. The van der Waals surface area contributed by atoms with Crippen molar-refractivity contribution in [2.45, 2.75) is 25.6 Å². The van der Waals surface area contributed by atoms with Gasteiger partial charge in [0.25, 0.3) is 0 Å². The number of rotatable bonds is 9. The lowest BCUT2D eigenvalue weighted by molar-refractivity contribution is -0.385. The van der Waals surface area contributed by atoms with Crippen LogP contribution in [0.25, 0.3) is 0 Å². The molecule has 2 rings (SSSR count). The van der Waals surface area contributed by atoms with E-state index in [1.54, 1.807) is 24.1 Å². The van der Waals surface area contributed by atoms with Gasteiger partial charge in [-0.3, -0.25) is 14.9 Å². The van der Waals surface area contributed by atoms with Crippen LogP contribution in [0, 0.1) is 10.1 Å². The summed E-state index contributed by atoms with van der Waals surface area (Å²) in [5, 5.41) is 11.1. The molecule has 0 aliphatic rings. The van der Waals surface area contributed by atoms with Crippen LogP contribution in [-0.2, 0) is 23.5 Å². The lowest BCUT2D eigenvalue weighted by Gasteiger charge is -2.17. The van der Waals surface area contributed by atoms with Gasteiger partial charge in [-0.25, -0.2) is 0 Å². The first kappa shape index (κ1) is 20.8. The molecule has 7 heteroatoms. The highest BCUT2D eigenvalue weighted by Crippen LogP contribution is 2.29. The van der Waals surface area contributed by atoms with Gasteiger partial charge in [-0.15, -0.1) is 11.8 Å². The molecule has 2 aromatic carbocycles. The van der Waals surface area contributed by atoms with E-state index in [1.165, 1.54) is 30.5 Å². The van der Waals surface area contributed by atoms with Crippen LogP contribution in [0.2, 0.25) is 0 Å². The number of nitro groups is 1. The van der Waals surface area contributed by atoms with Crippen molar-refractivity contribution in [3.8, 4) is 5.75 Å². The summed E-state index contributed by atoms with van der Waals surface area (Å²) in [7, 11) is 3.19. The zero-order valence-electron chi connectivity index (χ0n) is 15.8. The Bertz CT molecular complexity index is 793. The van der Waals surface area contributed by atoms with Crippen LogP contribution in [0.4, 0.5) is 5.69 Å². The molecule has 0 bridgehead atoms. The topological polar surface area (TPSA) is 72.7 Å². The highest BCUT2D eigenvalue weighted by molar-refractivity contribution is 7.99. The third-order valence-corrected chi connectivity index (χ3v) is 5.20. The number of nitro benzene ring substituents is 1. The summed E-state index contributed by atoms with van der Waals surface area (Å²) in [6.07, 6.45) is 0.995. The fourth-order valence-electron chi connectivity index (χ4n) is 2.58. The SMILES string of the molecule is CCc1ccc(CN(C)C(=O)CSCc2ccc(OC)c([N+](=O)[O-])c2)cc1. The van der Waals surface area contributed by atoms with Gasteiger partial charge >= 0.3 is 5.69 Å². The van der Waals surface area contributed by atoms with Crippen molar-refractivity contribution >= 4 is 23.4 Å². The van der Waals surface area contributed by atoms with Crippen LogP contribution in [-0.4, -0.2) is 35.6 Å². The van der Waals surface area contributed by atoms with Gasteiger partial charge in [0.2, 0.25) is 5.91 Å². The molecule has 0 saturated heterocycles. The molecule has 0 heterocycles. The summed E-state index contributed by atoms with van der Waals surface area (Å²) in [5.74, 6) is 1.11. The monoisotopic (exact) mass is 388 g/mol. The van der Waals surface area contributed by atoms with Crippen LogP contribution >= 0.6 is 11.8 Å². The number of carbonyl (C=O) groups is 1. The largest absolute Gasteiger partial charge is 0.490 e. The maximum Gasteiger partial charge on any atom is 0.311 e. The molecule has 0 aliphatic carbocycles. The van der Waals surface area contributed by atoms with Crippen molar-refractivity contribution in [2.24, 2.45) is 0 Å². The maximum atomic E-state index is 12.3. The Morgan fingerprint density at radius 2 is 1.78 bits per heavy atom. The molecular formula is C20H24N2O4S. The molecule has 27 heavy (non-hydrogen) atoms. The van der Waals surface area contributed by atoms with E-state index in [2.05, 4.69) is 19.1 Å². The number of benzene rings is 2. The maximum absolute atomic E-state index is 12.3. The minimum atomic E-state index is -0.463. The predicted molar refractivity (Wildman–Crippen MR) is 108 cm³/mol. The smallest absolute Gasteiger partial charge is 0.311 e. The van der Waals surface area contributed by atoms with Crippen molar-refractivity contribution < 1.29 is 14.5 Å². The molecular weight excluding hydrogens is 364 g/mol. The van der Waals surface area contributed by atoms with Gasteiger partial charge < -0.3 is 9.64 Å². The van der Waals surface area contributed by atoms with E-state index in [4.69, 9.17) is 4.74 Å². The first-order chi connectivity index (χ1) is 12.9. The Labute approximate surface area is 163 Å². The van der Waals surface area contributed by atoms with Gasteiger partial charge in [0.15, 0.2) is 5.75 Å². The van der Waals surface area contributed by atoms with E-state index in [1.807, 2.05) is 12.1 Å². The highest BCUT2D eigenvalue weighted by atomic mass is 32.2. The fourth-order valence-corrected chi connectivity index (χ4v) is 3.49. The molecule has 0 saturated carbocycles. The lowest BCUT2D eigenvalue weighted by Crippen LogP contribution is -2.27. The minimum Gasteiger partial charge on any atom is -0.490 e. The molecule has 6 nitrogen and oxygen atoms in total. The number of nitrogens with zero attached hydrogens (tertiary/aromatic N) is 2. The molecule has 144 valence electrons. The molecule has 0 radical (unpaired) electrons. The molecule has 0 atom stereocenters. The van der Waals surface area contributed by atoms with Crippen molar-refractivity contribution in [3.63, 3.8) is 0 Å². The second-order valence-electron chi connectivity index (χ2n) is 6.18. The van der Waals surface area contributed by atoms with E-state index >= 15 is 0 Å². The third-order valence-electron chi connectivity index (χ3n) is 4.21. The number of methoxy groups -OCH3 is 1. The fraction of sp³-hybridized carbons (Fsp3) is 0.350. The van der Waals surface area contributed by atoms with Crippen LogP contribution < -0.4 is 4.74 Å². The lowest BCUT2D eigenvalue weighted by atomic mass is 10.1. The van der Waals surface area contributed by atoms with Crippen LogP contribution in [0.3, 0.4) is 0 Å². The average molecular weight is 388 g/mol. The number of carbonyl (C=O) groups excluding carboxylic acids is 1. The molecule has 1 amide bonds. The summed E-state index contributed by atoms with van der Waals surface area (Å²) >= 11 is 1.44. The van der Waals surface area contributed by atoms with Crippen LogP contribution in [0.1, 0.15) is 23.6 Å². The van der Waals surface area contributed by atoms with Crippen molar-refractivity contribution in [2.75, 3.05) is 19.9 Å². The normalized spacial score (nSPS) is 10.5. The molecule has 0 spiro atoms. The van der Waals surface area contributed by atoms with Gasteiger partial charge in [0.05, 0.1) is 17.8 Å². The van der Waals surface area contributed by atoms with Crippen molar-refractivity contribution in [3.05, 3.63) is 69.3 Å². The molecule has 0 unspecified atom stereocenters. The number of hydrogen-bond acceptors (Lipinski definition) is 5. The number of thioether (sulfide) groups is 1. The van der Waals surface area contributed by atoms with E-state index in [9.17, 15) is 14.9 Å². The predicted octanol–water partition coefficient (Wildman–Crippen LogP) is 4.06. The Kier molecular flexibility index (Phi) is 7.67. The van der Waals surface area contributed by atoms with E-state index in [0.717, 1.165) is 17.5 Å². The first-order valence-corrected chi connectivity index (χ1v) is 9.81. The zero-order chi connectivity index (χ0) is 19.8. The summed E-state index contributed by atoms with van der Waals surface area (Å²) in [6, 6.07) is 13.1. The quantitative estimate of drug-likeness (QED) is 0.478. The number of ether oxygens (including phenoxy) is 1. The Balaban J connectivity index is 1.86. The van der Waals surface area contributed by atoms with Crippen molar-refractivity contribution in [1.82, 2.24) is 4.90 Å². The van der Waals surface area contributed by atoms with Gasteiger partial charge in [-0.1, -0.05) is 37.3 Å².